The monoisotopic (exact) mass is 295 g/mol. The van der Waals surface area contributed by atoms with E-state index >= 15 is 0 Å². The van der Waals surface area contributed by atoms with E-state index in [-0.39, 0.29) is 0 Å². The third-order valence-electron chi connectivity index (χ3n) is 3.07. The van der Waals surface area contributed by atoms with E-state index < -0.39 is 0 Å². The van der Waals surface area contributed by atoms with Gasteiger partial charge in [0, 0.05) is 12.1 Å². The SMILES string of the molecule is CCNc1nnc(-c2cccc(Cl)c2Cl)c(C)c1C. The van der Waals surface area contributed by atoms with Crippen LogP contribution in [0.5, 0.6) is 0 Å². The summed E-state index contributed by atoms with van der Waals surface area (Å²) in [6.07, 6.45) is 0. The van der Waals surface area contributed by atoms with Gasteiger partial charge in [-0.25, -0.2) is 0 Å². The van der Waals surface area contributed by atoms with Crippen molar-refractivity contribution in [2.75, 3.05) is 11.9 Å². The minimum Gasteiger partial charge on any atom is -0.369 e. The van der Waals surface area contributed by atoms with Crippen LogP contribution >= 0.6 is 23.2 Å². The summed E-state index contributed by atoms with van der Waals surface area (Å²) in [4.78, 5) is 0. The highest BCUT2D eigenvalue weighted by Gasteiger charge is 2.14. The van der Waals surface area contributed by atoms with Crippen LogP contribution in [0, 0.1) is 13.8 Å². The molecule has 5 heteroatoms. The minimum atomic E-state index is 0.511. The molecule has 0 bridgehead atoms. The molecule has 100 valence electrons. The van der Waals surface area contributed by atoms with Gasteiger partial charge in [0.2, 0.25) is 0 Å². The van der Waals surface area contributed by atoms with Crippen molar-refractivity contribution < 1.29 is 0 Å². The third kappa shape index (κ3) is 2.67. The van der Waals surface area contributed by atoms with Gasteiger partial charge >= 0.3 is 0 Å². The van der Waals surface area contributed by atoms with Crippen molar-refractivity contribution in [2.45, 2.75) is 20.8 Å². The molecule has 0 amide bonds. The van der Waals surface area contributed by atoms with Gasteiger partial charge in [0.05, 0.1) is 15.7 Å². The van der Waals surface area contributed by atoms with Crippen molar-refractivity contribution in [3.63, 3.8) is 0 Å². The minimum absolute atomic E-state index is 0.511. The topological polar surface area (TPSA) is 37.8 Å². The van der Waals surface area contributed by atoms with E-state index in [1.54, 1.807) is 6.07 Å². The van der Waals surface area contributed by atoms with E-state index in [4.69, 9.17) is 23.2 Å². The second kappa shape index (κ2) is 5.76. The van der Waals surface area contributed by atoms with E-state index in [9.17, 15) is 0 Å². The van der Waals surface area contributed by atoms with E-state index in [0.717, 1.165) is 34.7 Å². The maximum atomic E-state index is 6.24. The summed E-state index contributed by atoms with van der Waals surface area (Å²) >= 11 is 12.3. The molecule has 1 aromatic heterocycles. The maximum Gasteiger partial charge on any atom is 0.151 e. The van der Waals surface area contributed by atoms with Crippen molar-refractivity contribution in [2.24, 2.45) is 0 Å². The molecule has 2 aromatic rings. The molecule has 3 nitrogen and oxygen atoms in total. The molecular weight excluding hydrogens is 281 g/mol. The number of anilines is 1. The van der Waals surface area contributed by atoms with Crippen LogP contribution in [0.15, 0.2) is 18.2 Å². The van der Waals surface area contributed by atoms with Gasteiger partial charge in [-0.3, -0.25) is 0 Å². The Hall–Kier alpha value is -1.32. The van der Waals surface area contributed by atoms with Gasteiger partial charge in [-0.15, -0.1) is 10.2 Å². The van der Waals surface area contributed by atoms with Crippen LogP contribution < -0.4 is 5.32 Å². The van der Waals surface area contributed by atoms with Crippen molar-refractivity contribution in [3.05, 3.63) is 39.4 Å². The Morgan fingerprint density at radius 1 is 1.11 bits per heavy atom. The zero-order valence-electron chi connectivity index (χ0n) is 11.1. The fraction of sp³-hybridized carbons (Fsp3) is 0.286. The molecule has 1 aromatic carbocycles. The Morgan fingerprint density at radius 3 is 2.53 bits per heavy atom. The fourth-order valence-electron chi connectivity index (χ4n) is 1.88. The van der Waals surface area contributed by atoms with Crippen LogP contribution in [0.25, 0.3) is 11.3 Å². The Labute approximate surface area is 123 Å². The molecular formula is C14H15Cl2N3. The first-order valence-electron chi connectivity index (χ1n) is 6.08. The lowest BCUT2D eigenvalue weighted by Gasteiger charge is -2.13. The van der Waals surface area contributed by atoms with Crippen molar-refractivity contribution >= 4 is 29.0 Å². The van der Waals surface area contributed by atoms with Gasteiger partial charge in [0.1, 0.15) is 0 Å². The van der Waals surface area contributed by atoms with Crippen molar-refractivity contribution in [1.82, 2.24) is 10.2 Å². The number of benzene rings is 1. The Bertz CT molecular complexity index is 612. The second-order valence-corrected chi connectivity index (χ2v) is 5.06. The lowest BCUT2D eigenvalue weighted by Crippen LogP contribution is -2.06. The molecule has 0 spiro atoms. The highest BCUT2D eigenvalue weighted by molar-refractivity contribution is 6.43. The number of hydrogen-bond acceptors (Lipinski definition) is 3. The molecule has 0 fully saturated rings. The summed E-state index contributed by atoms with van der Waals surface area (Å²) in [5, 5.41) is 12.7. The van der Waals surface area contributed by atoms with Crippen LogP contribution in [-0.4, -0.2) is 16.7 Å². The predicted molar refractivity (Wildman–Crippen MR) is 81.1 cm³/mol. The number of halogens is 2. The number of rotatable bonds is 3. The van der Waals surface area contributed by atoms with Crippen LogP contribution in [0.4, 0.5) is 5.82 Å². The molecule has 1 heterocycles. The molecule has 1 N–H and O–H groups in total. The van der Waals surface area contributed by atoms with E-state index in [2.05, 4.69) is 15.5 Å². The van der Waals surface area contributed by atoms with Crippen LogP contribution in [0.1, 0.15) is 18.1 Å². The normalized spacial score (nSPS) is 10.6. The van der Waals surface area contributed by atoms with E-state index in [1.165, 1.54) is 0 Å². The first kappa shape index (κ1) is 14.1. The number of nitrogens with one attached hydrogen (secondary N) is 1. The summed E-state index contributed by atoms with van der Waals surface area (Å²) in [6.45, 7) is 6.87. The molecule has 0 aliphatic rings. The average Bonchev–Trinajstić information content (AvgIpc) is 2.39. The van der Waals surface area contributed by atoms with Crippen LogP contribution in [-0.2, 0) is 0 Å². The molecule has 0 radical (unpaired) electrons. The number of aromatic nitrogens is 2. The largest absolute Gasteiger partial charge is 0.369 e. The highest BCUT2D eigenvalue weighted by Crippen LogP contribution is 2.35. The summed E-state index contributed by atoms with van der Waals surface area (Å²) in [5.41, 5.74) is 3.70. The quantitative estimate of drug-likeness (QED) is 0.906. The zero-order chi connectivity index (χ0) is 14.0. The summed E-state index contributed by atoms with van der Waals surface area (Å²) in [5.74, 6) is 0.807. The molecule has 0 unspecified atom stereocenters. The Morgan fingerprint density at radius 2 is 1.84 bits per heavy atom. The first-order chi connectivity index (χ1) is 9.06. The predicted octanol–water partition coefficient (Wildman–Crippen LogP) is 4.50. The zero-order valence-corrected chi connectivity index (χ0v) is 12.6. The molecule has 2 rings (SSSR count). The second-order valence-electron chi connectivity index (χ2n) is 4.28. The Kier molecular flexibility index (Phi) is 4.27. The summed E-state index contributed by atoms with van der Waals surface area (Å²) in [6, 6.07) is 5.52. The van der Waals surface area contributed by atoms with Gasteiger partial charge in [-0.05, 0) is 38.0 Å². The standard InChI is InChI=1S/C14H15Cl2N3/c1-4-17-14-9(3)8(2)13(18-19-14)10-6-5-7-11(15)12(10)16/h5-7H,4H2,1-3H3,(H,17,19). The smallest absolute Gasteiger partial charge is 0.151 e. The highest BCUT2D eigenvalue weighted by atomic mass is 35.5. The first-order valence-corrected chi connectivity index (χ1v) is 6.84. The third-order valence-corrected chi connectivity index (χ3v) is 3.89. The van der Waals surface area contributed by atoms with Gasteiger partial charge in [-0.2, -0.15) is 0 Å². The molecule has 0 aliphatic heterocycles. The lowest BCUT2D eigenvalue weighted by atomic mass is 10.0. The van der Waals surface area contributed by atoms with Crippen LogP contribution in [0.2, 0.25) is 10.0 Å². The number of nitrogens with zero attached hydrogens (tertiary/aromatic N) is 2. The average molecular weight is 296 g/mol. The molecule has 0 saturated carbocycles. The van der Waals surface area contributed by atoms with Crippen molar-refractivity contribution in [3.8, 4) is 11.3 Å². The van der Waals surface area contributed by atoms with E-state index in [1.807, 2.05) is 32.9 Å². The number of hydrogen-bond donors (Lipinski definition) is 1. The molecule has 0 saturated heterocycles. The van der Waals surface area contributed by atoms with Crippen LogP contribution in [0.3, 0.4) is 0 Å². The lowest BCUT2D eigenvalue weighted by molar-refractivity contribution is 0.987. The molecule has 0 aliphatic carbocycles. The van der Waals surface area contributed by atoms with Gasteiger partial charge < -0.3 is 5.32 Å². The van der Waals surface area contributed by atoms with Crippen molar-refractivity contribution in [1.29, 1.82) is 0 Å². The van der Waals surface area contributed by atoms with E-state index in [0.29, 0.717) is 10.0 Å². The molecule has 19 heavy (non-hydrogen) atoms. The Balaban J connectivity index is 2.58. The summed E-state index contributed by atoms with van der Waals surface area (Å²) < 4.78 is 0. The maximum absolute atomic E-state index is 6.24. The molecule has 0 atom stereocenters. The van der Waals surface area contributed by atoms with Gasteiger partial charge in [-0.1, -0.05) is 35.3 Å². The fourth-order valence-corrected chi connectivity index (χ4v) is 2.27. The summed E-state index contributed by atoms with van der Waals surface area (Å²) in [7, 11) is 0. The van der Waals surface area contributed by atoms with Gasteiger partial charge in [0.15, 0.2) is 5.82 Å². The van der Waals surface area contributed by atoms with Gasteiger partial charge in [0.25, 0.3) is 0 Å².